The van der Waals surface area contributed by atoms with E-state index in [1.807, 2.05) is 18.2 Å². The van der Waals surface area contributed by atoms with Gasteiger partial charge in [0.15, 0.2) is 5.58 Å². The van der Waals surface area contributed by atoms with Crippen LogP contribution in [0.4, 0.5) is 0 Å². The first-order valence-electron chi connectivity index (χ1n) is 8.02. The molecule has 1 heterocycles. The van der Waals surface area contributed by atoms with Crippen molar-refractivity contribution < 1.29 is 18.8 Å². The normalized spacial score (nSPS) is 11.9. The molecule has 134 valence electrons. The highest BCUT2D eigenvalue weighted by molar-refractivity contribution is 6.31. The molecule has 0 spiro atoms. The maximum atomic E-state index is 12.5. The lowest BCUT2D eigenvalue weighted by atomic mass is 10.0. The number of rotatable bonds is 6. The maximum Gasteiger partial charge on any atom is 0.307 e. The van der Waals surface area contributed by atoms with Crippen molar-refractivity contribution in [3.05, 3.63) is 64.8 Å². The van der Waals surface area contributed by atoms with Crippen molar-refractivity contribution in [1.82, 2.24) is 10.5 Å². The Morgan fingerprint density at radius 1 is 1.19 bits per heavy atom. The lowest BCUT2D eigenvalue weighted by Crippen LogP contribution is -2.32. The van der Waals surface area contributed by atoms with Crippen molar-refractivity contribution >= 4 is 34.4 Å². The molecule has 0 aliphatic rings. The van der Waals surface area contributed by atoms with Crippen LogP contribution in [0, 0.1) is 0 Å². The Morgan fingerprint density at radius 2 is 1.92 bits per heavy atom. The Balaban J connectivity index is 1.78. The molecule has 1 amide bonds. The minimum Gasteiger partial charge on any atom is -0.469 e. The fourth-order valence-corrected chi connectivity index (χ4v) is 2.98. The molecule has 26 heavy (non-hydrogen) atoms. The van der Waals surface area contributed by atoms with Crippen molar-refractivity contribution in [2.45, 2.75) is 18.9 Å². The maximum absolute atomic E-state index is 12.5. The monoisotopic (exact) mass is 372 g/mol. The number of para-hydroxylation sites is 1. The molecule has 1 N–H and O–H groups in total. The molecule has 6 nitrogen and oxygen atoms in total. The summed E-state index contributed by atoms with van der Waals surface area (Å²) in [6, 6.07) is 13.8. The van der Waals surface area contributed by atoms with Gasteiger partial charge in [-0.15, -0.1) is 0 Å². The van der Waals surface area contributed by atoms with Gasteiger partial charge in [-0.3, -0.25) is 9.59 Å². The summed E-state index contributed by atoms with van der Waals surface area (Å²) in [5.74, 6) is -0.736. The minimum atomic E-state index is -0.596. The van der Waals surface area contributed by atoms with E-state index in [0.717, 1.165) is 5.39 Å². The Hall–Kier alpha value is -2.86. The topological polar surface area (TPSA) is 81.4 Å². The van der Waals surface area contributed by atoms with Crippen LogP contribution in [0.2, 0.25) is 5.02 Å². The smallest absolute Gasteiger partial charge is 0.307 e. The van der Waals surface area contributed by atoms with Gasteiger partial charge in [0.2, 0.25) is 5.91 Å². The number of esters is 1. The summed E-state index contributed by atoms with van der Waals surface area (Å²) in [5.41, 5.74) is 1.81. The van der Waals surface area contributed by atoms with Gasteiger partial charge in [-0.2, -0.15) is 0 Å². The highest BCUT2D eigenvalue weighted by atomic mass is 35.5. The van der Waals surface area contributed by atoms with Crippen LogP contribution < -0.4 is 5.32 Å². The first-order valence-corrected chi connectivity index (χ1v) is 8.40. The van der Waals surface area contributed by atoms with Gasteiger partial charge in [0, 0.05) is 10.4 Å². The highest BCUT2D eigenvalue weighted by Gasteiger charge is 2.22. The predicted octanol–water partition coefficient (Wildman–Crippen LogP) is 3.44. The van der Waals surface area contributed by atoms with Gasteiger partial charge in [-0.05, 0) is 23.8 Å². The minimum absolute atomic E-state index is 0.0223. The number of methoxy groups -OCH3 is 1. The summed E-state index contributed by atoms with van der Waals surface area (Å²) in [6.07, 6.45) is 0.00464. The van der Waals surface area contributed by atoms with Crippen LogP contribution in [-0.2, 0) is 20.7 Å². The van der Waals surface area contributed by atoms with Gasteiger partial charge in [-0.25, -0.2) is 0 Å². The van der Waals surface area contributed by atoms with Gasteiger partial charge in [0.25, 0.3) is 0 Å². The Morgan fingerprint density at radius 3 is 2.69 bits per heavy atom. The number of carbonyl (C=O) groups is 2. The molecule has 0 unspecified atom stereocenters. The average molecular weight is 373 g/mol. The molecule has 0 fully saturated rings. The van der Waals surface area contributed by atoms with E-state index in [4.69, 9.17) is 20.9 Å². The number of hydrogen-bond acceptors (Lipinski definition) is 5. The van der Waals surface area contributed by atoms with Gasteiger partial charge in [0.05, 0.1) is 26.0 Å². The molecule has 0 radical (unpaired) electrons. The molecular formula is C19H17ClN2O4. The number of aromatic nitrogens is 1. The van der Waals surface area contributed by atoms with Crippen LogP contribution in [0.1, 0.15) is 23.7 Å². The number of hydrogen-bond donors (Lipinski definition) is 1. The van der Waals surface area contributed by atoms with E-state index in [0.29, 0.717) is 21.9 Å². The van der Waals surface area contributed by atoms with Crippen molar-refractivity contribution in [2.75, 3.05) is 7.11 Å². The Labute approximate surface area is 155 Å². The fourth-order valence-electron chi connectivity index (χ4n) is 2.71. The van der Waals surface area contributed by atoms with Crippen molar-refractivity contribution in [3.63, 3.8) is 0 Å². The largest absolute Gasteiger partial charge is 0.469 e. The number of fused-ring (bicyclic) bond motifs is 1. The molecule has 0 bridgehead atoms. The SMILES string of the molecule is COC(=O)C[C@@H](NC(=O)Cc1noc2ccccc12)c1ccccc1Cl. The average Bonchev–Trinajstić information content (AvgIpc) is 3.04. The number of nitrogens with zero attached hydrogens (tertiary/aromatic N) is 1. The summed E-state index contributed by atoms with van der Waals surface area (Å²) in [5, 5.41) is 8.04. The number of halogens is 1. The number of carbonyl (C=O) groups excluding carboxylic acids is 2. The summed E-state index contributed by atoms with van der Waals surface area (Å²) < 4.78 is 9.94. The first-order chi connectivity index (χ1) is 12.6. The zero-order chi connectivity index (χ0) is 18.5. The number of benzene rings is 2. The van der Waals surface area contributed by atoms with Crippen molar-refractivity contribution in [2.24, 2.45) is 0 Å². The quantitative estimate of drug-likeness (QED) is 0.670. The van der Waals surface area contributed by atoms with Gasteiger partial charge in [0.1, 0.15) is 5.69 Å². The third kappa shape index (κ3) is 4.03. The third-order valence-corrected chi connectivity index (χ3v) is 4.34. The van der Waals surface area contributed by atoms with Crippen LogP contribution in [0.25, 0.3) is 11.0 Å². The molecule has 1 aromatic heterocycles. The van der Waals surface area contributed by atoms with E-state index in [1.54, 1.807) is 30.3 Å². The van der Waals surface area contributed by atoms with E-state index in [-0.39, 0.29) is 18.7 Å². The molecule has 3 rings (SSSR count). The van der Waals surface area contributed by atoms with Crippen LogP contribution in [0.5, 0.6) is 0 Å². The number of nitrogens with one attached hydrogen (secondary N) is 1. The molecule has 0 aliphatic carbocycles. The summed E-state index contributed by atoms with van der Waals surface area (Å²) in [7, 11) is 1.30. The van der Waals surface area contributed by atoms with Gasteiger partial charge in [-0.1, -0.05) is 47.1 Å². The fraction of sp³-hybridized carbons (Fsp3) is 0.211. The van der Waals surface area contributed by atoms with Gasteiger partial charge >= 0.3 is 5.97 Å². The number of amides is 1. The van der Waals surface area contributed by atoms with Gasteiger partial charge < -0.3 is 14.6 Å². The second-order valence-electron chi connectivity index (χ2n) is 5.72. The first kappa shape index (κ1) is 17.9. The predicted molar refractivity (Wildman–Crippen MR) is 96.7 cm³/mol. The molecule has 0 saturated heterocycles. The zero-order valence-corrected chi connectivity index (χ0v) is 14.8. The van der Waals surface area contributed by atoms with Crippen LogP contribution in [-0.4, -0.2) is 24.1 Å². The van der Waals surface area contributed by atoms with Crippen LogP contribution in [0.15, 0.2) is 53.1 Å². The molecule has 1 atom stereocenters. The molecule has 0 aliphatic heterocycles. The van der Waals surface area contributed by atoms with E-state index in [9.17, 15) is 9.59 Å². The summed E-state index contributed by atoms with van der Waals surface area (Å²) >= 11 is 6.22. The van der Waals surface area contributed by atoms with Crippen molar-refractivity contribution in [3.8, 4) is 0 Å². The lowest BCUT2D eigenvalue weighted by Gasteiger charge is -2.19. The molecule has 3 aromatic rings. The van der Waals surface area contributed by atoms with E-state index in [2.05, 4.69) is 10.5 Å². The highest BCUT2D eigenvalue weighted by Crippen LogP contribution is 2.26. The second kappa shape index (κ2) is 8.01. The molecule has 0 saturated carbocycles. The van der Waals surface area contributed by atoms with E-state index in [1.165, 1.54) is 7.11 Å². The molecule has 7 heteroatoms. The van der Waals surface area contributed by atoms with Crippen molar-refractivity contribution in [1.29, 1.82) is 0 Å². The third-order valence-electron chi connectivity index (χ3n) is 3.99. The van der Waals surface area contributed by atoms with Crippen LogP contribution >= 0.6 is 11.6 Å². The summed E-state index contributed by atoms with van der Waals surface area (Å²) in [6.45, 7) is 0. The molecule has 2 aromatic carbocycles. The number of ether oxygens (including phenoxy) is 1. The zero-order valence-electron chi connectivity index (χ0n) is 14.1. The summed E-state index contributed by atoms with van der Waals surface area (Å²) in [4.78, 5) is 24.3. The van der Waals surface area contributed by atoms with E-state index < -0.39 is 12.0 Å². The molecular weight excluding hydrogens is 356 g/mol. The second-order valence-corrected chi connectivity index (χ2v) is 6.13. The van der Waals surface area contributed by atoms with Crippen LogP contribution in [0.3, 0.4) is 0 Å². The standard InChI is InChI=1S/C19H17ClN2O4/c1-25-19(24)11-15(12-6-2-4-8-14(12)20)21-18(23)10-16-13-7-3-5-9-17(13)26-22-16/h2-9,15H,10-11H2,1H3,(H,21,23)/t15-/m1/s1. The Bertz CT molecular complexity index is 938. The van der Waals surface area contributed by atoms with E-state index >= 15 is 0 Å². The Kier molecular flexibility index (Phi) is 5.53. The lowest BCUT2D eigenvalue weighted by molar-refractivity contribution is -0.141.